The van der Waals surface area contributed by atoms with Crippen molar-refractivity contribution >= 4 is 11.9 Å². The van der Waals surface area contributed by atoms with E-state index in [1.165, 1.54) is 0 Å². The molecule has 0 bridgehead atoms. The number of nitrogens with one attached hydrogen (secondary N) is 1. The fraction of sp³-hybridized carbons (Fsp3) is 0.533. The van der Waals surface area contributed by atoms with E-state index in [1.54, 1.807) is 38.4 Å². The average molecular weight is 282 g/mol. The summed E-state index contributed by atoms with van der Waals surface area (Å²) < 4.78 is 4.74. The van der Waals surface area contributed by atoms with Gasteiger partial charge in [-0.25, -0.2) is 4.79 Å². The molecule has 0 aromatic carbocycles. The lowest BCUT2D eigenvalue weighted by Gasteiger charge is -2.07. The summed E-state index contributed by atoms with van der Waals surface area (Å²) in [6.07, 6.45) is 2.95. The van der Waals surface area contributed by atoms with Gasteiger partial charge in [-0.15, -0.1) is 0 Å². The lowest BCUT2D eigenvalue weighted by atomic mass is 10.3. The summed E-state index contributed by atoms with van der Waals surface area (Å²) in [5, 5.41) is 2.46. The highest BCUT2D eigenvalue weighted by molar-refractivity contribution is 6.32. The van der Waals surface area contributed by atoms with Crippen molar-refractivity contribution in [2.75, 3.05) is 0 Å². The zero-order valence-electron chi connectivity index (χ0n) is 13.3. The molecule has 0 aliphatic carbocycles. The van der Waals surface area contributed by atoms with Crippen LogP contribution in [0.1, 0.15) is 47.1 Å². The van der Waals surface area contributed by atoms with Crippen LogP contribution in [0.3, 0.4) is 0 Å². The number of carbonyl (C=O) groups is 2. The van der Waals surface area contributed by atoms with Crippen molar-refractivity contribution in [1.82, 2.24) is 10.3 Å². The van der Waals surface area contributed by atoms with E-state index in [9.17, 15) is 9.59 Å². The zero-order chi connectivity index (χ0) is 16.0. The first-order chi connectivity index (χ1) is 9.59. The molecule has 0 spiro atoms. The van der Waals surface area contributed by atoms with Crippen LogP contribution < -0.4 is 5.32 Å². The van der Waals surface area contributed by atoms with Crippen LogP contribution in [0.5, 0.6) is 0 Å². The molecule has 1 amide bonds. The van der Waals surface area contributed by atoms with E-state index in [4.69, 9.17) is 4.74 Å². The number of rotatable bonds is 3. The molecule has 0 radical (unpaired) electrons. The second-order valence-electron chi connectivity index (χ2n) is 3.49. The Morgan fingerprint density at radius 3 is 2.10 bits per heavy atom. The number of amides is 1. The van der Waals surface area contributed by atoms with Crippen LogP contribution in [0, 0.1) is 0 Å². The molecule has 1 rings (SSSR count). The van der Waals surface area contributed by atoms with Gasteiger partial charge in [-0.1, -0.05) is 27.7 Å². The number of hydrogen-bond donors (Lipinski definition) is 1. The van der Waals surface area contributed by atoms with E-state index in [0.29, 0.717) is 0 Å². The van der Waals surface area contributed by atoms with E-state index < -0.39 is 11.9 Å². The fourth-order valence-corrected chi connectivity index (χ4v) is 1.02. The second kappa shape index (κ2) is 13.5. The predicted molar refractivity (Wildman–Crippen MR) is 80.0 cm³/mol. The Balaban J connectivity index is 0. The monoisotopic (exact) mass is 282 g/mol. The standard InChI is InChI=1S/C11H14N2O3.2C2H6/c1-8(2)16-11(15)10(14)13-7-9-3-5-12-6-4-9;2*1-2/h3-6,8H,7H2,1-2H3,(H,13,14);2*1-2H3. The molecule has 5 nitrogen and oxygen atoms in total. The van der Waals surface area contributed by atoms with Gasteiger partial charge in [-0.05, 0) is 31.5 Å². The number of nitrogens with zero attached hydrogens (tertiary/aromatic N) is 1. The highest BCUT2D eigenvalue weighted by Crippen LogP contribution is 1.95. The van der Waals surface area contributed by atoms with Crippen LogP contribution in [0.2, 0.25) is 0 Å². The van der Waals surface area contributed by atoms with Gasteiger partial charge < -0.3 is 10.1 Å². The highest BCUT2D eigenvalue weighted by Gasteiger charge is 2.15. The second-order valence-corrected chi connectivity index (χ2v) is 3.49. The van der Waals surface area contributed by atoms with Gasteiger partial charge in [0.05, 0.1) is 6.10 Å². The van der Waals surface area contributed by atoms with Gasteiger partial charge in [-0.3, -0.25) is 9.78 Å². The van der Waals surface area contributed by atoms with Gasteiger partial charge in [0.25, 0.3) is 0 Å². The third kappa shape index (κ3) is 10.1. The Labute approximate surface area is 121 Å². The molecule has 0 atom stereocenters. The molecular formula is C15H26N2O3. The van der Waals surface area contributed by atoms with Crippen LogP contribution in [-0.2, 0) is 20.9 Å². The normalized spacial score (nSPS) is 8.55. The van der Waals surface area contributed by atoms with E-state index >= 15 is 0 Å². The Kier molecular flexibility index (Phi) is 13.8. The summed E-state index contributed by atoms with van der Waals surface area (Å²) in [5.74, 6) is -1.59. The number of carbonyl (C=O) groups excluding carboxylic acids is 2. The number of ether oxygens (including phenoxy) is 1. The molecule has 1 aromatic rings. The average Bonchev–Trinajstić information content (AvgIpc) is 2.49. The van der Waals surface area contributed by atoms with E-state index in [2.05, 4.69) is 10.3 Å². The maximum atomic E-state index is 11.3. The first-order valence-electron chi connectivity index (χ1n) is 6.97. The summed E-state index contributed by atoms with van der Waals surface area (Å²) in [6.45, 7) is 11.7. The minimum absolute atomic E-state index is 0.286. The maximum absolute atomic E-state index is 11.3. The molecule has 1 aromatic heterocycles. The Morgan fingerprint density at radius 1 is 1.15 bits per heavy atom. The zero-order valence-corrected chi connectivity index (χ0v) is 13.3. The van der Waals surface area contributed by atoms with Gasteiger partial charge in [0.2, 0.25) is 0 Å². The fourth-order valence-electron chi connectivity index (χ4n) is 1.02. The van der Waals surface area contributed by atoms with Crippen molar-refractivity contribution in [3.05, 3.63) is 30.1 Å². The summed E-state index contributed by atoms with van der Waals surface area (Å²) in [4.78, 5) is 26.2. The van der Waals surface area contributed by atoms with Crippen LogP contribution in [0.25, 0.3) is 0 Å². The lowest BCUT2D eigenvalue weighted by Crippen LogP contribution is -2.33. The van der Waals surface area contributed by atoms with Crippen LogP contribution >= 0.6 is 0 Å². The summed E-state index contributed by atoms with van der Waals surface area (Å²) in [7, 11) is 0. The van der Waals surface area contributed by atoms with Crippen molar-refractivity contribution in [1.29, 1.82) is 0 Å². The van der Waals surface area contributed by atoms with Crippen LogP contribution in [0.4, 0.5) is 0 Å². The predicted octanol–water partition coefficient (Wildman–Crippen LogP) is 2.70. The van der Waals surface area contributed by atoms with Crippen molar-refractivity contribution in [3.63, 3.8) is 0 Å². The molecule has 0 saturated carbocycles. The molecule has 20 heavy (non-hydrogen) atoms. The van der Waals surface area contributed by atoms with Crippen LogP contribution in [0.15, 0.2) is 24.5 Å². The van der Waals surface area contributed by atoms with Gasteiger partial charge in [0, 0.05) is 18.9 Å². The molecule has 0 fully saturated rings. The first-order valence-corrected chi connectivity index (χ1v) is 6.97. The van der Waals surface area contributed by atoms with Crippen molar-refractivity contribution in [3.8, 4) is 0 Å². The minimum atomic E-state index is -0.857. The summed E-state index contributed by atoms with van der Waals surface area (Å²) in [6, 6.07) is 3.52. The lowest BCUT2D eigenvalue weighted by molar-refractivity contribution is -0.157. The van der Waals surface area contributed by atoms with Crippen molar-refractivity contribution in [2.24, 2.45) is 0 Å². The number of hydrogen-bond acceptors (Lipinski definition) is 4. The summed E-state index contributed by atoms with van der Waals surface area (Å²) >= 11 is 0. The van der Waals surface area contributed by atoms with E-state index in [-0.39, 0.29) is 12.6 Å². The van der Waals surface area contributed by atoms with Gasteiger partial charge >= 0.3 is 11.9 Å². The van der Waals surface area contributed by atoms with E-state index in [0.717, 1.165) is 5.56 Å². The Morgan fingerprint density at radius 2 is 1.65 bits per heavy atom. The van der Waals surface area contributed by atoms with E-state index in [1.807, 2.05) is 27.7 Å². The SMILES string of the molecule is CC.CC.CC(C)OC(=O)C(=O)NCc1ccncc1. The molecule has 0 aliphatic heterocycles. The molecule has 1 heterocycles. The van der Waals surface area contributed by atoms with Gasteiger partial charge in [0.15, 0.2) is 0 Å². The van der Waals surface area contributed by atoms with Gasteiger partial charge in [0.1, 0.15) is 0 Å². The van der Waals surface area contributed by atoms with Crippen LogP contribution in [-0.4, -0.2) is 23.0 Å². The minimum Gasteiger partial charge on any atom is -0.456 e. The largest absolute Gasteiger partial charge is 0.456 e. The van der Waals surface area contributed by atoms with Gasteiger partial charge in [-0.2, -0.15) is 0 Å². The molecule has 114 valence electrons. The number of aromatic nitrogens is 1. The quantitative estimate of drug-likeness (QED) is 0.683. The first kappa shape index (κ1) is 20.4. The molecule has 5 heteroatoms. The molecule has 1 N–H and O–H groups in total. The van der Waals surface area contributed by atoms with Crippen molar-refractivity contribution < 1.29 is 14.3 Å². The number of pyridine rings is 1. The molecular weight excluding hydrogens is 256 g/mol. The smallest absolute Gasteiger partial charge is 0.397 e. The summed E-state index contributed by atoms with van der Waals surface area (Å²) in [5.41, 5.74) is 0.876. The number of esters is 1. The van der Waals surface area contributed by atoms with Crippen molar-refractivity contribution in [2.45, 2.75) is 54.2 Å². The third-order valence-corrected chi connectivity index (χ3v) is 1.73. The molecule has 0 saturated heterocycles. The maximum Gasteiger partial charge on any atom is 0.397 e. The Bertz CT molecular complexity index is 365. The molecule has 0 aliphatic rings. The molecule has 0 unspecified atom stereocenters. The topological polar surface area (TPSA) is 68.3 Å². The highest BCUT2D eigenvalue weighted by atomic mass is 16.5. The third-order valence-electron chi connectivity index (χ3n) is 1.73. The Hall–Kier alpha value is -1.91.